The van der Waals surface area contributed by atoms with E-state index in [4.69, 9.17) is 0 Å². The average Bonchev–Trinajstić information content (AvgIpc) is 2.50. The zero-order valence-electron chi connectivity index (χ0n) is 12.9. The molecule has 1 aromatic heterocycles. The van der Waals surface area contributed by atoms with Crippen LogP contribution in [-0.2, 0) is 11.2 Å². The Kier molecular flexibility index (Phi) is 5.78. The van der Waals surface area contributed by atoms with Gasteiger partial charge in [0.15, 0.2) is 0 Å². The lowest BCUT2D eigenvalue weighted by Gasteiger charge is -2.25. The van der Waals surface area contributed by atoms with Crippen LogP contribution in [0.1, 0.15) is 45.1 Å². The molecule has 1 aliphatic heterocycles. The quantitative estimate of drug-likeness (QED) is 0.715. The monoisotopic (exact) mass is 291 g/mol. The average molecular weight is 291 g/mol. The van der Waals surface area contributed by atoms with E-state index in [9.17, 15) is 4.79 Å². The normalized spacial score (nSPS) is 18.2. The molecule has 0 spiro atoms. The topological polar surface area (TPSA) is 78.9 Å². The molecule has 0 saturated carbocycles. The lowest BCUT2D eigenvalue weighted by Crippen LogP contribution is -2.42. The molecule has 21 heavy (non-hydrogen) atoms. The van der Waals surface area contributed by atoms with E-state index >= 15 is 0 Å². The second-order valence-electron chi connectivity index (χ2n) is 5.41. The van der Waals surface area contributed by atoms with E-state index in [-0.39, 0.29) is 11.9 Å². The van der Waals surface area contributed by atoms with Crippen molar-refractivity contribution in [2.45, 2.75) is 52.0 Å². The highest BCUT2D eigenvalue weighted by molar-refractivity contribution is 5.77. The van der Waals surface area contributed by atoms with Gasteiger partial charge in [-0.15, -0.1) is 0 Å². The van der Waals surface area contributed by atoms with Crippen molar-refractivity contribution in [3.63, 3.8) is 0 Å². The third-order valence-electron chi connectivity index (χ3n) is 3.59. The Morgan fingerprint density at radius 1 is 1.29 bits per heavy atom. The summed E-state index contributed by atoms with van der Waals surface area (Å²) in [6.07, 6.45) is 6.07. The van der Waals surface area contributed by atoms with Crippen LogP contribution in [0.3, 0.4) is 0 Å². The maximum absolute atomic E-state index is 11.2. The van der Waals surface area contributed by atoms with E-state index in [1.807, 2.05) is 0 Å². The van der Waals surface area contributed by atoms with E-state index in [2.05, 4.69) is 39.8 Å². The first-order valence-corrected chi connectivity index (χ1v) is 7.85. The summed E-state index contributed by atoms with van der Waals surface area (Å²) in [5.41, 5.74) is 1.14. The largest absolute Gasteiger partial charge is 0.370 e. The third-order valence-corrected chi connectivity index (χ3v) is 3.59. The van der Waals surface area contributed by atoms with Gasteiger partial charge in [0, 0.05) is 31.1 Å². The van der Waals surface area contributed by atoms with Gasteiger partial charge >= 0.3 is 0 Å². The van der Waals surface area contributed by atoms with Crippen molar-refractivity contribution >= 4 is 17.5 Å². The molecule has 0 bridgehead atoms. The number of anilines is 2. The number of piperidine rings is 1. The summed E-state index contributed by atoms with van der Waals surface area (Å²) >= 11 is 0. The standard InChI is InChI=1S/C15H25N5O/c1-3-5-12-14(16-8-4-2)18-10-19-15(12)20-11-6-7-13(21)17-9-11/h10-11H,3-9H2,1-2H3,(H,17,21)(H2,16,18,19,20). The van der Waals surface area contributed by atoms with E-state index < -0.39 is 0 Å². The van der Waals surface area contributed by atoms with Gasteiger partial charge in [-0.2, -0.15) is 0 Å². The Morgan fingerprint density at radius 2 is 2.10 bits per heavy atom. The molecule has 1 aliphatic rings. The van der Waals surface area contributed by atoms with Gasteiger partial charge in [0.05, 0.1) is 0 Å². The lowest BCUT2D eigenvalue weighted by atomic mass is 10.1. The fraction of sp³-hybridized carbons (Fsp3) is 0.667. The zero-order chi connectivity index (χ0) is 15.1. The van der Waals surface area contributed by atoms with Crippen molar-refractivity contribution in [3.8, 4) is 0 Å². The Morgan fingerprint density at radius 3 is 2.76 bits per heavy atom. The van der Waals surface area contributed by atoms with Crippen molar-refractivity contribution in [2.24, 2.45) is 0 Å². The fourth-order valence-electron chi connectivity index (χ4n) is 2.47. The number of rotatable bonds is 7. The maximum Gasteiger partial charge on any atom is 0.220 e. The Hall–Kier alpha value is -1.85. The maximum atomic E-state index is 11.2. The number of carbonyl (C=O) groups is 1. The second-order valence-corrected chi connectivity index (χ2v) is 5.41. The second kappa shape index (κ2) is 7.81. The summed E-state index contributed by atoms with van der Waals surface area (Å²) in [7, 11) is 0. The molecular formula is C15H25N5O. The molecule has 2 heterocycles. The molecule has 2 rings (SSSR count). The highest BCUT2D eigenvalue weighted by Gasteiger charge is 2.20. The number of hydrogen-bond donors (Lipinski definition) is 3. The molecule has 1 unspecified atom stereocenters. The van der Waals surface area contributed by atoms with Gasteiger partial charge in [0.25, 0.3) is 0 Å². The van der Waals surface area contributed by atoms with Crippen LogP contribution >= 0.6 is 0 Å². The molecule has 0 aromatic carbocycles. The Bertz CT molecular complexity index is 467. The SMILES string of the molecule is CCCNc1ncnc(NC2CCC(=O)NC2)c1CCC. The van der Waals surface area contributed by atoms with Crippen molar-refractivity contribution in [3.05, 3.63) is 11.9 Å². The summed E-state index contributed by atoms with van der Waals surface area (Å²) < 4.78 is 0. The van der Waals surface area contributed by atoms with Crippen LogP contribution in [0.15, 0.2) is 6.33 Å². The highest BCUT2D eigenvalue weighted by atomic mass is 16.1. The molecule has 3 N–H and O–H groups in total. The fourth-order valence-corrected chi connectivity index (χ4v) is 2.47. The van der Waals surface area contributed by atoms with Crippen molar-refractivity contribution in [2.75, 3.05) is 23.7 Å². The van der Waals surface area contributed by atoms with Gasteiger partial charge in [0.1, 0.15) is 18.0 Å². The number of aromatic nitrogens is 2. The molecule has 1 aromatic rings. The van der Waals surface area contributed by atoms with Crippen molar-refractivity contribution in [1.82, 2.24) is 15.3 Å². The molecular weight excluding hydrogens is 266 g/mol. The van der Waals surface area contributed by atoms with E-state index in [1.165, 1.54) is 0 Å². The first-order chi connectivity index (χ1) is 10.2. The molecule has 116 valence electrons. The van der Waals surface area contributed by atoms with E-state index in [0.717, 1.165) is 49.4 Å². The van der Waals surface area contributed by atoms with Gasteiger partial charge in [-0.1, -0.05) is 20.3 Å². The highest BCUT2D eigenvalue weighted by Crippen LogP contribution is 2.23. The minimum atomic E-state index is 0.134. The van der Waals surface area contributed by atoms with Crippen LogP contribution in [0.4, 0.5) is 11.6 Å². The number of nitrogens with one attached hydrogen (secondary N) is 3. The summed E-state index contributed by atoms with van der Waals surface area (Å²) in [4.78, 5) is 20.0. The van der Waals surface area contributed by atoms with Crippen LogP contribution in [0, 0.1) is 0 Å². The Balaban J connectivity index is 2.11. The number of amides is 1. The third kappa shape index (κ3) is 4.31. The summed E-state index contributed by atoms with van der Waals surface area (Å²) in [5.74, 6) is 1.96. The molecule has 1 saturated heterocycles. The Labute approximate surface area is 126 Å². The summed E-state index contributed by atoms with van der Waals surface area (Å²) in [6.45, 7) is 5.86. The first kappa shape index (κ1) is 15.5. The van der Waals surface area contributed by atoms with Crippen molar-refractivity contribution < 1.29 is 4.79 Å². The van der Waals surface area contributed by atoms with Crippen LogP contribution in [0.5, 0.6) is 0 Å². The molecule has 0 radical (unpaired) electrons. The first-order valence-electron chi connectivity index (χ1n) is 7.85. The number of nitrogens with zero attached hydrogens (tertiary/aromatic N) is 2. The minimum Gasteiger partial charge on any atom is -0.370 e. The predicted octanol–water partition coefficient (Wildman–Crippen LogP) is 1.94. The van der Waals surface area contributed by atoms with Crippen LogP contribution < -0.4 is 16.0 Å². The summed E-state index contributed by atoms with van der Waals surface area (Å²) in [6, 6.07) is 0.243. The van der Waals surface area contributed by atoms with Gasteiger partial charge in [0.2, 0.25) is 5.91 Å². The van der Waals surface area contributed by atoms with Gasteiger partial charge in [-0.25, -0.2) is 9.97 Å². The lowest BCUT2D eigenvalue weighted by molar-refractivity contribution is -0.122. The summed E-state index contributed by atoms with van der Waals surface area (Å²) in [5, 5.41) is 9.73. The molecule has 1 fully saturated rings. The number of hydrogen-bond acceptors (Lipinski definition) is 5. The predicted molar refractivity (Wildman–Crippen MR) is 84.5 cm³/mol. The van der Waals surface area contributed by atoms with Gasteiger partial charge in [-0.3, -0.25) is 4.79 Å². The van der Waals surface area contributed by atoms with Gasteiger partial charge in [-0.05, 0) is 19.3 Å². The molecule has 6 nitrogen and oxygen atoms in total. The smallest absolute Gasteiger partial charge is 0.220 e. The zero-order valence-corrected chi connectivity index (χ0v) is 12.9. The van der Waals surface area contributed by atoms with Crippen molar-refractivity contribution in [1.29, 1.82) is 0 Å². The van der Waals surface area contributed by atoms with Crippen LogP contribution in [0.25, 0.3) is 0 Å². The van der Waals surface area contributed by atoms with Crippen LogP contribution in [-0.4, -0.2) is 35.0 Å². The van der Waals surface area contributed by atoms with Gasteiger partial charge < -0.3 is 16.0 Å². The molecule has 0 aliphatic carbocycles. The molecule has 1 amide bonds. The van der Waals surface area contributed by atoms with E-state index in [0.29, 0.717) is 13.0 Å². The molecule has 1 atom stereocenters. The van der Waals surface area contributed by atoms with E-state index in [1.54, 1.807) is 6.33 Å². The minimum absolute atomic E-state index is 0.134. The molecule has 6 heteroatoms. The van der Waals surface area contributed by atoms with Crippen LogP contribution in [0.2, 0.25) is 0 Å². The number of carbonyl (C=O) groups excluding carboxylic acids is 1.